The van der Waals surface area contributed by atoms with E-state index in [2.05, 4.69) is 14.9 Å². The molecule has 0 aromatic carbocycles. The third kappa shape index (κ3) is 3.79. The van der Waals surface area contributed by atoms with Gasteiger partial charge in [0.2, 0.25) is 12.7 Å². The zero-order chi connectivity index (χ0) is 10.4. The van der Waals surface area contributed by atoms with E-state index < -0.39 is 6.16 Å². The maximum atomic E-state index is 10.8. The summed E-state index contributed by atoms with van der Waals surface area (Å²) in [5, 5.41) is 6.19. The zero-order valence-electron chi connectivity index (χ0n) is 8.02. The van der Waals surface area contributed by atoms with E-state index in [0.717, 1.165) is 0 Å². The monoisotopic (exact) mass is 200 g/mol. The fourth-order valence-electron chi connectivity index (χ4n) is 0.691. The van der Waals surface area contributed by atoms with E-state index in [0.29, 0.717) is 5.88 Å². The molecule has 6 heteroatoms. The highest BCUT2D eigenvalue weighted by molar-refractivity contribution is 5.59. The third-order valence-corrected chi connectivity index (χ3v) is 1.20. The van der Waals surface area contributed by atoms with Crippen molar-refractivity contribution in [1.29, 1.82) is 0 Å². The quantitative estimate of drug-likeness (QED) is 0.585. The van der Waals surface area contributed by atoms with Crippen LogP contribution in [0.1, 0.15) is 13.8 Å². The van der Waals surface area contributed by atoms with Crippen LogP contribution in [0, 0.1) is 0 Å². The maximum absolute atomic E-state index is 10.8. The Bertz CT molecular complexity index is 271. The minimum atomic E-state index is -0.750. The van der Waals surface area contributed by atoms with Crippen LogP contribution in [0.2, 0.25) is 0 Å². The summed E-state index contributed by atoms with van der Waals surface area (Å²) >= 11 is 0. The van der Waals surface area contributed by atoms with Crippen molar-refractivity contribution in [1.82, 2.24) is 10.2 Å². The molecule has 1 N–H and O–H groups in total. The minimum absolute atomic E-state index is 0.199. The number of nitrogens with zero attached hydrogens (tertiary/aromatic N) is 1. The smallest absolute Gasteiger partial charge is 0.441 e. The average molecular weight is 200 g/mol. The molecule has 1 aromatic rings. The number of rotatable bonds is 4. The summed E-state index contributed by atoms with van der Waals surface area (Å²) in [6.45, 7) is 3.27. The third-order valence-electron chi connectivity index (χ3n) is 1.20. The van der Waals surface area contributed by atoms with Crippen LogP contribution in [0.4, 0.5) is 4.79 Å². The summed E-state index contributed by atoms with van der Waals surface area (Å²) in [5.74, 6) is 0.433. The molecule has 0 amide bonds. The van der Waals surface area contributed by atoms with Gasteiger partial charge in [-0.25, -0.2) is 9.89 Å². The van der Waals surface area contributed by atoms with Gasteiger partial charge in [0.05, 0.1) is 12.3 Å². The molecule has 14 heavy (non-hydrogen) atoms. The van der Waals surface area contributed by atoms with E-state index >= 15 is 0 Å². The first kappa shape index (κ1) is 10.4. The second kappa shape index (κ2) is 5.11. The van der Waals surface area contributed by atoms with Gasteiger partial charge in [-0.05, 0) is 13.8 Å². The van der Waals surface area contributed by atoms with Crippen molar-refractivity contribution >= 4 is 6.16 Å². The Morgan fingerprint density at radius 1 is 1.64 bits per heavy atom. The van der Waals surface area contributed by atoms with Crippen LogP contribution in [-0.2, 0) is 9.47 Å². The number of aromatic amines is 1. The molecule has 0 atom stereocenters. The fraction of sp³-hybridized carbons (Fsp3) is 0.500. The molecule has 0 aliphatic heterocycles. The molecule has 0 aliphatic rings. The summed E-state index contributed by atoms with van der Waals surface area (Å²) in [6.07, 6.45) is 0.580. The van der Waals surface area contributed by atoms with Crippen LogP contribution in [0.5, 0.6) is 5.88 Å². The Balaban J connectivity index is 2.12. The first-order valence-corrected chi connectivity index (χ1v) is 4.14. The van der Waals surface area contributed by atoms with Crippen LogP contribution in [0.25, 0.3) is 0 Å². The number of nitrogens with one attached hydrogen (secondary N) is 1. The molecule has 0 unspecified atom stereocenters. The first-order valence-electron chi connectivity index (χ1n) is 4.14. The number of aromatic nitrogens is 2. The van der Waals surface area contributed by atoms with Gasteiger partial charge in [-0.3, -0.25) is 0 Å². The Labute approximate surface area is 81.2 Å². The van der Waals surface area contributed by atoms with Crippen molar-refractivity contribution in [2.45, 2.75) is 20.0 Å². The molecule has 1 rings (SSSR count). The molecule has 1 heterocycles. The molecule has 6 nitrogen and oxygen atoms in total. The number of ether oxygens (including phenoxy) is 3. The van der Waals surface area contributed by atoms with Gasteiger partial charge < -0.3 is 14.2 Å². The lowest BCUT2D eigenvalue weighted by Gasteiger charge is -2.08. The second-order valence-corrected chi connectivity index (χ2v) is 2.74. The molecule has 1 aromatic heterocycles. The predicted molar refractivity (Wildman–Crippen MR) is 46.8 cm³/mol. The summed E-state index contributed by atoms with van der Waals surface area (Å²) in [5.41, 5.74) is 0. The van der Waals surface area contributed by atoms with Crippen molar-refractivity contribution < 1.29 is 19.0 Å². The summed E-state index contributed by atoms with van der Waals surface area (Å²) in [7, 11) is 0. The van der Waals surface area contributed by atoms with Crippen molar-refractivity contribution in [3.05, 3.63) is 12.3 Å². The normalized spacial score (nSPS) is 9.93. The Hall–Kier alpha value is -1.72. The second-order valence-electron chi connectivity index (χ2n) is 2.74. The van der Waals surface area contributed by atoms with Crippen molar-refractivity contribution in [3.8, 4) is 5.88 Å². The number of hydrogen-bond acceptors (Lipinski definition) is 5. The number of carbonyl (C=O) groups excluding carboxylic acids is 1. The van der Waals surface area contributed by atoms with Crippen LogP contribution in [0.3, 0.4) is 0 Å². The highest BCUT2D eigenvalue weighted by Gasteiger charge is 2.06. The number of carbonyl (C=O) groups is 1. The zero-order valence-corrected chi connectivity index (χ0v) is 8.02. The SMILES string of the molecule is CC(C)OC(=O)OCOc1ccn[nH]1. The van der Waals surface area contributed by atoms with Gasteiger partial charge in [0.1, 0.15) is 0 Å². The maximum Gasteiger partial charge on any atom is 0.511 e. The number of hydrogen-bond donors (Lipinski definition) is 1. The lowest BCUT2D eigenvalue weighted by molar-refractivity contribution is -0.00944. The molecule has 0 aliphatic carbocycles. The lowest BCUT2D eigenvalue weighted by Crippen LogP contribution is -2.15. The predicted octanol–water partition coefficient (Wildman–Crippen LogP) is 1.31. The summed E-state index contributed by atoms with van der Waals surface area (Å²) < 4.78 is 14.3. The van der Waals surface area contributed by atoms with E-state index in [9.17, 15) is 4.79 Å². The Morgan fingerprint density at radius 2 is 2.43 bits per heavy atom. The average Bonchev–Trinajstić information content (AvgIpc) is 2.55. The van der Waals surface area contributed by atoms with Crippen molar-refractivity contribution in [2.24, 2.45) is 0 Å². The van der Waals surface area contributed by atoms with Gasteiger partial charge in [0, 0.05) is 6.07 Å². The van der Waals surface area contributed by atoms with E-state index in [1.165, 1.54) is 6.20 Å². The summed E-state index contributed by atoms with van der Waals surface area (Å²) in [6, 6.07) is 1.61. The molecular weight excluding hydrogens is 188 g/mol. The Morgan fingerprint density at radius 3 is 3.00 bits per heavy atom. The van der Waals surface area contributed by atoms with Gasteiger partial charge in [0.15, 0.2) is 0 Å². The standard InChI is InChI=1S/C8H12N2O4/c1-6(2)14-8(11)13-5-12-7-3-4-9-10-7/h3-4,6H,5H2,1-2H3,(H,9,10). The largest absolute Gasteiger partial charge is 0.511 e. The van der Waals surface area contributed by atoms with Crippen LogP contribution in [-0.4, -0.2) is 29.2 Å². The molecule has 0 fully saturated rings. The van der Waals surface area contributed by atoms with Crippen LogP contribution in [0.15, 0.2) is 12.3 Å². The minimum Gasteiger partial charge on any atom is -0.441 e. The molecule has 78 valence electrons. The van der Waals surface area contributed by atoms with Gasteiger partial charge in [-0.2, -0.15) is 5.10 Å². The fourth-order valence-corrected chi connectivity index (χ4v) is 0.691. The molecule has 0 saturated carbocycles. The van der Waals surface area contributed by atoms with E-state index in [-0.39, 0.29) is 12.9 Å². The van der Waals surface area contributed by atoms with E-state index in [1.807, 2.05) is 0 Å². The van der Waals surface area contributed by atoms with Gasteiger partial charge >= 0.3 is 6.16 Å². The van der Waals surface area contributed by atoms with Gasteiger partial charge in [0.25, 0.3) is 0 Å². The van der Waals surface area contributed by atoms with Crippen LogP contribution < -0.4 is 4.74 Å². The first-order chi connectivity index (χ1) is 6.68. The van der Waals surface area contributed by atoms with Gasteiger partial charge in [-0.1, -0.05) is 0 Å². The van der Waals surface area contributed by atoms with E-state index in [4.69, 9.17) is 9.47 Å². The molecule has 0 saturated heterocycles. The molecule has 0 spiro atoms. The Kier molecular flexibility index (Phi) is 3.78. The highest BCUT2D eigenvalue weighted by atomic mass is 16.8. The number of H-pyrrole nitrogens is 1. The molecule has 0 bridgehead atoms. The molecule has 0 radical (unpaired) electrons. The van der Waals surface area contributed by atoms with Gasteiger partial charge in [-0.15, -0.1) is 0 Å². The van der Waals surface area contributed by atoms with Crippen LogP contribution >= 0.6 is 0 Å². The topological polar surface area (TPSA) is 73.4 Å². The summed E-state index contributed by atoms with van der Waals surface area (Å²) in [4.78, 5) is 10.8. The van der Waals surface area contributed by atoms with Crippen molar-refractivity contribution in [3.63, 3.8) is 0 Å². The molecular formula is C8H12N2O4. The van der Waals surface area contributed by atoms with E-state index in [1.54, 1.807) is 19.9 Å². The van der Waals surface area contributed by atoms with Crippen molar-refractivity contribution in [2.75, 3.05) is 6.79 Å². The lowest BCUT2D eigenvalue weighted by atomic mass is 10.5. The highest BCUT2D eigenvalue weighted by Crippen LogP contribution is 2.02.